The van der Waals surface area contributed by atoms with E-state index in [1.54, 1.807) is 18.3 Å². The number of carbonyl (C=O) groups is 1. The quantitative estimate of drug-likeness (QED) is 0.784. The number of hydrogen-bond donors (Lipinski definition) is 0. The van der Waals surface area contributed by atoms with Gasteiger partial charge >= 0.3 is 0 Å². The molecule has 0 unspecified atom stereocenters. The van der Waals surface area contributed by atoms with Crippen molar-refractivity contribution in [3.05, 3.63) is 38.0 Å². The minimum atomic E-state index is 0.141. The molecule has 0 aromatic carbocycles. The van der Waals surface area contributed by atoms with Crippen molar-refractivity contribution in [2.75, 3.05) is 7.05 Å². The molecule has 0 amide bonds. The van der Waals surface area contributed by atoms with Gasteiger partial charge in [0.05, 0.1) is 10.9 Å². The van der Waals surface area contributed by atoms with Crippen molar-refractivity contribution in [2.45, 2.75) is 33.4 Å². The number of aryl methyl sites for hydroxylation is 1. The largest absolute Gasteiger partial charge is 0.294 e. The van der Waals surface area contributed by atoms with Crippen LogP contribution >= 0.6 is 22.7 Å². The van der Waals surface area contributed by atoms with Gasteiger partial charge in [-0.25, -0.2) is 4.98 Å². The highest BCUT2D eigenvalue weighted by Crippen LogP contribution is 2.25. The minimum absolute atomic E-state index is 0.141. The Balaban J connectivity index is 2.03. The molecular formula is C14H18N2OS2. The zero-order chi connectivity index (χ0) is 14.0. The molecule has 0 aliphatic carbocycles. The number of ketones is 1. The number of aromatic nitrogens is 1. The van der Waals surface area contributed by atoms with Crippen LogP contribution in [-0.4, -0.2) is 22.7 Å². The lowest BCUT2D eigenvalue weighted by atomic mass is 10.2. The fourth-order valence-corrected chi connectivity index (χ4v) is 3.54. The summed E-state index contributed by atoms with van der Waals surface area (Å²) in [6.07, 6.45) is 0. The molecular weight excluding hydrogens is 276 g/mol. The van der Waals surface area contributed by atoms with E-state index in [1.807, 2.05) is 13.0 Å². The van der Waals surface area contributed by atoms with Gasteiger partial charge in [0, 0.05) is 17.6 Å². The van der Waals surface area contributed by atoms with E-state index in [2.05, 4.69) is 34.6 Å². The van der Waals surface area contributed by atoms with Crippen LogP contribution in [0.3, 0.4) is 0 Å². The number of thiophene rings is 1. The fraction of sp³-hybridized carbons (Fsp3) is 0.429. The van der Waals surface area contributed by atoms with E-state index < -0.39 is 0 Å². The van der Waals surface area contributed by atoms with Crippen molar-refractivity contribution in [1.82, 2.24) is 9.88 Å². The minimum Gasteiger partial charge on any atom is -0.294 e. The van der Waals surface area contributed by atoms with Crippen molar-refractivity contribution in [3.63, 3.8) is 0 Å². The molecule has 0 N–H and O–H groups in total. The van der Waals surface area contributed by atoms with E-state index in [4.69, 9.17) is 0 Å². The Morgan fingerprint density at radius 3 is 2.68 bits per heavy atom. The standard InChI is InChI=1S/C14H18N2OS2/c1-9-7-19-14(15-9)10(2)16(4)6-12-5-13(11(3)17)18-8-12/h5,7-8,10H,6H2,1-4H3/t10-/m1/s1. The molecule has 5 heteroatoms. The maximum Gasteiger partial charge on any atom is 0.169 e. The van der Waals surface area contributed by atoms with Gasteiger partial charge in [-0.1, -0.05) is 0 Å². The van der Waals surface area contributed by atoms with Gasteiger partial charge in [0.25, 0.3) is 0 Å². The zero-order valence-electron chi connectivity index (χ0n) is 11.6. The second kappa shape index (κ2) is 5.94. The Bertz CT molecular complexity index is 574. The number of nitrogens with zero attached hydrogens (tertiary/aromatic N) is 2. The van der Waals surface area contributed by atoms with Crippen LogP contribution in [0.2, 0.25) is 0 Å². The summed E-state index contributed by atoms with van der Waals surface area (Å²) in [4.78, 5) is 18.9. The number of hydrogen-bond acceptors (Lipinski definition) is 5. The fourth-order valence-electron chi connectivity index (χ4n) is 1.82. The highest BCUT2D eigenvalue weighted by Gasteiger charge is 2.16. The van der Waals surface area contributed by atoms with Gasteiger partial charge in [-0.15, -0.1) is 22.7 Å². The van der Waals surface area contributed by atoms with Crippen LogP contribution in [0, 0.1) is 6.92 Å². The lowest BCUT2D eigenvalue weighted by molar-refractivity contribution is 0.102. The highest BCUT2D eigenvalue weighted by molar-refractivity contribution is 7.12. The molecule has 102 valence electrons. The first kappa shape index (κ1) is 14.4. The average molecular weight is 294 g/mol. The zero-order valence-corrected chi connectivity index (χ0v) is 13.3. The van der Waals surface area contributed by atoms with Gasteiger partial charge in [0.1, 0.15) is 5.01 Å². The van der Waals surface area contributed by atoms with Gasteiger partial charge in [-0.05, 0) is 44.8 Å². The summed E-state index contributed by atoms with van der Waals surface area (Å²) in [5, 5.41) is 5.28. The molecule has 0 radical (unpaired) electrons. The lowest BCUT2D eigenvalue weighted by Crippen LogP contribution is -2.21. The summed E-state index contributed by atoms with van der Waals surface area (Å²) in [6.45, 7) is 6.63. The number of carbonyl (C=O) groups excluding carboxylic acids is 1. The first-order valence-corrected chi connectivity index (χ1v) is 7.94. The average Bonchev–Trinajstić information content (AvgIpc) is 2.97. The van der Waals surface area contributed by atoms with Crippen molar-refractivity contribution >= 4 is 28.5 Å². The molecule has 0 aliphatic rings. The van der Waals surface area contributed by atoms with Crippen LogP contribution in [0.1, 0.15) is 45.8 Å². The molecule has 0 aliphatic heterocycles. The lowest BCUT2D eigenvalue weighted by Gasteiger charge is -2.22. The first-order valence-electron chi connectivity index (χ1n) is 6.18. The monoisotopic (exact) mass is 294 g/mol. The van der Waals surface area contributed by atoms with Gasteiger partial charge in [0.2, 0.25) is 0 Å². The molecule has 0 bridgehead atoms. The van der Waals surface area contributed by atoms with Crippen LogP contribution in [-0.2, 0) is 6.54 Å². The molecule has 2 aromatic rings. The second-order valence-corrected chi connectivity index (χ2v) is 6.59. The van der Waals surface area contributed by atoms with Crippen molar-refractivity contribution in [3.8, 4) is 0 Å². The molecule has 3 nitrogen and oxygen atoms in total. The van der Waals surface area contributed by atoms with Crippen LogP contribution in [0.15, 0.2) is 16.8 Å². The molecule has 0 saturated carbocycles. The predicted octanol–water partition coefficient (Wildman–Crippen LogP) is 3.91. The van der Waals surface area contributed by atoms with Crippen molar-refractivity contribution in [2.24, 2.45) is 0 Å². The van der Waals surface area contributed by atoms with Gasteiger partial charge in [0.15, 0.2) is 5.78 Å². The third kappa shape index (κ3) is 3.49. The Morgan fingerprint density at radius 1 is 1.42 bits per heavy atom. The molecule has 0 spiro atoms. The van der Waals surface area contributed by atoms with Gasteiger partial charge in [-0.3, -0.25) is 9.69 Å². The van der Waals surface area contributed by atoms with E-state index >= 15 is 0 Å². The van der Waals surface area contributed by atoms with E-state index in [0.29, 0.717) is 6.04 Å². The molecule has 2 aromatic heterocycles. The van der Waals surface area contributed by atoms with Gasteiger partial charge in [-0.2, -0.15) is 0 Å². The number of thiazole rings is 1. The summed E-state index contributed by atoms with van der Waals surface area (Å²) < 4.78 is 0. The SMILES string of the molecule is CC(=O)c1cc(CN(C)[C@H](C)c2nc(C)cs2)cs1. The van der Waals surface area contributed by atoms with Gasteiger partial charge < -0.3 is 0 Å². The van der Waals surface area contributed by atoms with E-state index in [1.165, 1.54) is 16.9 Å². The second-order valence-electron chi connectivity index (χ2n) is 4.79. The normalized spacial score (nSPS) is 12.9. The summed E-state index contributed by atoms with van der Waals surface area (Å²) in [6, 6.07) is 2.28. The number of rotatable bonds is 5. The molecule has 2 heterocycles. The third-order valence-corrected chi connectivity index (χ3v) is 5.30. The number of Topliss-reactive ketones (excluding diaryl/α,β-unsaturated/α-hetero) is 1. The summed E-state index contributed by atoms with van der Waals surface area (Å²) in [5.41, 5.74) is 2.27. The maximum absolute atomic E-state index is 11.3. The van der Waals surface area contributed by atoms with Crippen LogP contribution in [0.25, 0.3) is 0 Å². The Morgan fingerprint density at radius 2 is 2.16 bits per heavy atom. The Labute approximate surface area is 121 Å². The van der Waals surface area contributed by atoms with E-state index in [0.717, 1.165) is 22.1 Å². The van der Waals surface area contributed by atoms with E-state index in [-0.39, 0.29) is 5.78 Å². The van der Waals surface area contributed by atoms with E-state index in [9.17, 15) is 4.79 Å². The third-order valence-electron chi connectivity index (χ3n) is 3.09. The van der Waals surface area contributed by atoms with Crippen LogP contribution in [0.5, 0.6) is 0 Å². The van der Waals surface area contributed by atoms with Crippen LogP contribution in [0.4, 0.5) is 0 Å². The summed E-state index contributed by atoms with van der Waals surface area (Å²) >= 11 is 3.22. The Kier molecular flexibility index (Phi) is 4.50. The van der Waals surface area contributed by atoms with Crippen molar-refractivity contribution < 1.29 is 4.79 Å². The predicted molar refractivity (Wildman–Crippen MR) is 81.1 cm³/mol. The maximum atomic E-state index is 11.3. The molecule has 0 saturated heterocycles. The molecule has 19 heavy (non-hydrogen) atoms. The Hall–Kier alpha value is -1.04. The summed E-state index contributed by atoms with van der Waals surface area (Å²) in [5.74, 6) is 0.141. The topological polar surface area (TPSA) is 33.2 Å². The highest BCUT2D eigenvalue weighted by atomic mass is 32.1. The summed E-state index contributed by atoms with van der Waals surface area (Å²) in [7, 11) is 2.09. The van der Waals surface area contributed by atoms with Crippen molar-refractivity contribution in [1.29, 1.82) is 0 Å². The first-order chi connectivity index (χ1) is 8.97. The molecule has 1 atom stereocenters. The van der Waals surface area contributed by atoms with Crippen LogP contribution < -0.4 is 0 Å². The molecule has 0 fully saturated rings. The molecule has 2 rings (SSSR count). The smallest absolute Gasteiger partial charge is 0.169 e.